The van der Waals surface area contributed by atoms with Crippen molar-refractivity contribution in [1.82, 2.24) is 9.88 Å². The summed E-state index contributed by atoms with van der Waals surface area (Å²) in [7, 11) is 3.34. The average molecular weight is 449 g/mol. The minimum absolute atomic E-state index is 0.0502. The Hall–Kier alpha value is -2.96. The van der Waals surface area contributed by atoms with Crippen molar-refractivity contribution in [2.45, 2.75) is 38.8 Å². The molecule has 0 spiro atoms. The first-order chi connectivity index (χ1) is 16.1. The second-order valence-electron chi connectivity index (χ2n) is 8.48. The van der Waals surface area contributed by atoms with Crippen LogP contribution in [0.1, 0.15) is 30.4 Å². The summed E-state index contributed by atoms with van der Waals surface area (Å²) >= 11 is 0. The lowest BCUT2D eigenvalue weighted by atomic mass is 9.99. The summed E-state index contributed by atoms with van der Waals surface area (Å²) in [6.45, 7) is 4.43. The van der Waals surface area contributed by atoms with E-state index in [1.807, 2.05) is 35.2 Å². The molecule has 1 atom stereocenters. The quantitative estimate of drug-likeness (QED) is 0.442. The van der Waals surface area contributed by atoms with Crippen LogP contribution in [0.5, 0.6) is 5.75 Å². The third-order valence-electron chi connectivity index (χ3n) is 6.16. The lowest BCUT2D eigenvalue weighted by Gasteiger charge is -2.26. The van der Waals surface area contributed by atoms with Gasteiger partial charge in [-0.05, 0) is 55.5 Å². The zero-order chi connectivity index (χ0) is 23.2. The van der Waals surface area contributed by atoms with Gasteiger partial charge in [0.2, 0.25) is 0 Å². The maximum atomic E-state index is 13.3. The van der Waals surface area contributed by atoms with Crippen molar-refractivity contribution in [2.24, 2.45) is 0 Å². The summed E-state index contributed by atoms with van der Waals surface area (Å²) in [6, 6.07) is 16.3. The van der Waals surface area contributed by atoms with E-state index in [0.29, 0.717) is 26.3 Å². The Morgan fingerprint density at radius 2 is 2.03 bits per heavy atom. The van der Waals surface area contributed by atoms with Crippen LogP contribution >= 0.6 is 0 Å². The maximum absolute atomic E-state index is 13.3. The predicted octanol–water partition coefficient (Wildman–Crippen LogP) is 4.76. The molecule has 174 valence electrons. The topological polar surface area (TPSA) is 60.9 Å². The minimum atomic E-state index is -0.355. The SMILES string of the molecule is COCCCN(Cc1cc2ccc(OC)cc2nc1-c1ccccc1C)C(=O)[C@@H]1CCCO1. The molecule has 2 aromatic carbocycles. The van der Waals surface area contributed by atoms with Crippen molar-refractivity contribution < 1.29 is 19.0 Å². The Bertz CT molecular complexity index is 1110. The monoisotopic (exact) mass is 448 g/mol. The van der Waals surface area contributed by atoms with Gasteiger partial charge in [-0.1, -0.05) is 24.3 Å². The van der Waals surface area contributed by atoms with Gasteiger partial charge in [-0.3, -0.25) is 4.79 Å². The molecule has 1 saturated heterocycles. The number of hydrogen-bond donors (Lipinski definition) is 0. The number of methoxy groups -OCH3 is 2. The van der Waals surface area contributed by atoms with E-state index in [9.17, 15) is 4.79 Å². The Morgan fingerprint density at radius 1 is 1.18 bits per heavy atom. The van der Waals surface area contributed by atoms with Crippen LogP contribution in [0, 0.1) is 6.92 Å². The van der Waals surface area contributed by atoms with Crippen LogP contribution in [0.3, 0.4) is 0 Å². The fourth-order valence-electron chi connectivity index (χ4n) is 4.36. The van der Waals surface area contributed by atoms with Crippen molar-refractivity contribution in [1.29, 1.82) is 0 Å². The summed E-state index contributed by atoms with van der Waals surface area (Å²) in [5.41, 5.74) is 4.99. The summed E-state index contributed by atoms with van der Waals surface area (Å²) in [5, 5.41) is 1.02. The highest BCUT2D eigenvalue weighted by molar-refractivity contribution is 5.86. The highest BCUT2D eigenvalue weighted by Gasteiger charge is 2.29. The summed E-state index contributed by atoms with van der Waals surface area (Å²) in [6.07, 6.45) is 2.12. The Morgan fingerprint density at radius 3 is 2.76 bits per heavy atom. The zero-order valence-electron chi connectivity index (χ0n) is 19.7. The van der Waals surface area contributed by atoms with Gasteiger partial charge in [0.05, 0.1) is 18.3 Å². The van der Waals surface area contributed by atoms with Gasteiger partial charge in [0, 0.05) is 50.4 Å². The van der Waals surface area contributed by atoms with Gasteiger partial charge in [-0.2, -0.15) is 0 Å². The van der Waals surface area contributed by atoms with Crippen LogP contribution < -0.4 is 4.74 Å². The van der Waals surface area contributed by atoms with E-state index in [4.69, 9.17) is 19.2 Å². The molecule has 2 heterocycles. The molecule has 33 heavy (non-hydrogen) atoms. The Kier molecular flexibility index (Phi) is 7.57. The molecule has 6 heteroatoms. The molecular weight excluding hydrogens is 416 g/mol. The van der Waals surface area contributed by atoms with Crippen molar-refractivity contribution in [2.75, 3.05) is 34.0 Å². The average Bonchev–Trinajstić information content (AvgIpc) is 3.38. The summed E-state index contributed by atoms with van der Waals surface area (Å²) in [5.74, 6) is 0.822. The third-order valence-corrected chi connectivity index (χ3v) is 6.16. The molecule has 6 nitrogen and oxygen atoms in total. The van der Waals surface area contributed by atoms with E-state index in [2.05, 4.69) is 25.1 Å². The number of rotatable bonds is 9. The molecule has 0 N–H and O–H groups in total. The molecular formula is C27H32N2O4. The van der Waals surface area contributed by atoms with Gasteiger partial charge in [-0.15, -0.1) is 0 Å². The molecule has 0 saturated carbocycles. The van der Waals surface area contributed by atoms with Crippen LogP contribution in [0.15, 0.2) is 48.5 Å². The van der Waals surface area contributed by atoms with Crippen molar-refractivity contribution in [3.05, 3.63) is 59.7 Å². The van der Waals surface area contributed by atoms with Crippen LogP contribution in [0.2, 0.25) is 0 Å². The standard InChI is InChI=1S/C27H32N2O4/c1-19-8-4-5-9-23(19)26-21(16-20-11-12-22(32-3)17-24(20)28-26)18-29(13-7-14-31-2)27(30)25-10-6-15-33-25/h4-5,8-9,11-12,16-17,25H,6-7,10,13-15,18H2,1-3H3/t25-/m0/s1. The molecule has 4 rings (SSSR count). The van der Waals surface area contributed by atoms with E-state index in [1.54, 1.807) is 14.2 Å². The summed E-state index contributed by atoms with van der Waals surface area (Å²) < 4.78 is 16.4. The second kappa shape index (κ2) is 10.8. The maximum Gasteiger partial charge on any atom is 0.252 e. The summed E-state index contributed by atoms with van der Waals surface area (Å²) in [4.78, 5) is 20.3. The van der Waals surface area contributed by atoms with E-state index in [-0.39, 0.29) is 12.0 Å². The number of pyridine rings is 1. The first-order valence-electron chi connectivity index (χ1n) is 11.5. The zero-order valence-corrected chi connectivity index (χ0v) is 19.7. The molecule has 1 aliphatic rings. The predicted molar refractivity (Wildman–Crippen MR) is 129 cm³/mol. The van der Waals surface area contributed by atoms with Gasteiger partial charge >= 0.3 is 0 Å². The van der Waals surface area contributed by atoms with Crippen LogP contribution in [0.4, 0.5) is 0 Å². The van der Waals surface area contributed by atoms with Gasteiger partial charge in [0.25, 0.3) is 5.91 Å². The van der Waals surface area contributed by atoms with Gasteiger partial charge in [0.1, 0.15) is 11.9 Å². The molecule has 0 radical (unpaired) electrons. The lowest BCUT2D eigenvalue weighted by Crippen LogP contribution is -2.39. The number of carbonyl (C=O) groups excluding carboxylic acids is 1. The lowest BCUT2D eigenvalue weighted by molar-refractivity contribution is -0.141. The minimum Gasteiger partial charge on any atom is -0.497 e. The molecule has 0 bridgehead atoms. The van der Waals surface area contributed by atoms with Crippen LogP contribution in [-0.4, -0.2) is 55.9 Å². The number of aromatic nitrogens is 1. The largest absolute Gasteiger partial charge is 0.497 e. The number of fused-ring (bicyclic) bond motifs is 1. The molecule has 1 amide bonds. The number of ether oxygens (including phenoxy) is 3. The molecule has 3 aromatic rings. The molecule has 0 aliphatic carbocycles. The Balaban J connectivity index is 1.76. The number of hydrogen-bond acceptors (Lipinski definition) is 5. The highest BCUT2D eigenvalue weighted by Crippen LogP contribution is 2.31. The van der Waals surface area contributed by atoms with E-state index in [0.717, 1.165) is 58.3 Å². The first kappa shape index (κ1) is 23.2. The smallest absolute Gasteiger partial charge is 0.252 e. The van der Waals surface area contributed by atoms with Crippen molar-refractivity contribution >= 4 is 16.8 Å². The van der Waals surface area contributed by atoms with Gasteiger partial charge in [-0.25, -0.2) is 4.98 Å². The first-order valence-corrected chi connectivity index (χ1v) is 11.5. The number of aryl methyl sites for hydroxylation is 1. The highest BCUT2D eigenvalue weighted by atomic mass is 16.5. The van der Waals surface area contributed by atoms with Crippen molar-refractivity contribution in [3.63, 3.8) is 0 Å². The number of carbonyl (C=O) groups is 1. The second-order valence-corrected chi connectivity index (χ2v) is 8.48. The van der Waals surface area contributed by atoms with Gasteiger partial charge < -0.3 is 19.1 Å². The third kappa shape index (κ3) is 5.34. The van der Waals surface area contributed by atoms with E-state index in [1.165, 1.54) is 0 Å². The number of nitrogens with zero attached hydrogens (tertiary/aromatic N) is 2. The van der Waals surface area contributed by atoms with E-state index >= 15 is 0 Å². The number of amides is 1. The van der Waals surface area contributed by atoms with E-state index < -0.39 is 0 Å². The van der Waals surface area contributed by atoms with Gasteiger partial charge in [0.15, 0.2) is 0 Å². The Labute approximate surface area is 195 Å². The molecule has 0 unspecified atom stereocenters. The molecule has 1 fully saturated rings. The fraction of sp³-hybridized carbons (Fsp3) is 0.407. The van der Waals surface area contributed by atoms with Crippen molar-refractivity contribution in [3.8, 4) is 17.0 Å². The number of benzene rings is 2. The molecule has 1 aliphatic heterocycles. The fourth-order valence-corrected chi connectivity index (χ4v) is 4.36. The molecule has 1 aromatic heterocycles. The van der Waals surface area contributed by atoms with Crippen LogP contribution in [-0.2, 0) is 20.8 Å². The van der Waals surface area contributed by atoms with Crippen LogP contribution in [0.25, 0.3) is 22.2 Å². The normalized spacial score (nSPS) is 15.7.